The van der Waals surface area contributed by atoms with E-state index in [0.717, 1.165) is 4.68 Å². The molecule has 0 aliphatic heterocycles. The molecular formula is C20H21N3O5. The summed E-state index contributed by atoms with van der Waals surface area (Å²) in [5.74, 6) is 1.09. The Labute approximate surface area is 161 Å². The van der Waals surface area contributed by atoms with Gasteiger partial charge in [0, 0.05) is 12.1 Å². The Morgan fingerprint density at radius 3 is 2.57 bits per heavy atom. The Bertz CT molecular complexity index is 1040. The molecule has 1 amide bonds. The molecule has 2 aromatic heterocycles. The van der Waals surface area contributed by atoms with Crippen molar-refractivity contribution >= 4 is 11.6 Å². The van der Waals surface area contributed by atoms with Crippen molar-refractivity contribution in [3.63, 3.8) is 0 Å². The first-order chi connectivity index (χ1) is 13.4. The third-order valence-corrected chi connectivity index (χ3v) is 4.31. The zero-order valence-corrected chi connectivity index (χ0v) is 16.1. The number of anilines is 1. The number of amides is 1. The number of hydrogen-bond acceptors (Lipinski definition) is 6. The molecule has 0 aliphatic rings. The summed E-state index contributed by atoms with van der Waals surface area (Å²) < 4.78 is 16.9. The van der Waals surface area contributed by atoms with Crippen molar-refractivity contribution in [3.8, 4) is 23.0 Å². The highest BCUT2D eigenvalue weighted by Crippen LogP contribution is 2.30. The number of rotatable bonds is 6. The van der Waals surface area contributed by atoms with E-state index < -0.39 is 17.0 Å². The minimum Gasteiger partial charge on any atom is -0.497 e. The van der Waals surface area contributed by atoms with Crippen molar-refractivity contribution in [3.05, 3.63) is 59.1 Å². The molecule has 0 saturated heterocycles. The second-order valence-corrected chi connectivity index (χ2v) is 6.53. The molecule has 0 atom stereocenters. The standard InChI is InChI=1S/C20H21N3O5/c1-20(2,19(25)21-15-12-13(26-3)7-9-16(15)27-4)23-18(24)10-8-14(22-23)17-6-5-11-28-17/h5-12H,1-4H3,(H,21,25). The van der Waals surface area contributed by atoms with E-state index in [-0.39, 0.29) is 0 Å². The minimum atomic E-state index is -1.28. The predicted molar refractivity (Wildman–Crippen MR) is 104 cm³/mol. The van der Waals surface area contributed by atoms with Crippen molar-refractivity contribution in [2.45, 2.75) is 19.4 Å². The summed E-state index contributed by atoms with van der Waals surface area (Å²) in [6.45, 7) is 3.21. The van der Waals surface area contributed by atoms with E-state index in [9.17, 15) is 9.59 Å². The van der Waals surface area contributed by atoms with Gasteiger partial charge in [0.15, 0.2) is 5.76 Å². The normalized spacial score (nSPS) is 11.1. The smallest absolute Gasteiger partial charge is 0.267 e. The number of furan rings is 1. The Hall–Kier alpha value is -3.55. The molecule has 28 heavy (non-hydrogen) atoms. The summed E-state index contributed by atoms with van der Waals surface area (Å²) in [6.07, 6.45) is 1.51. The molecule has 0 bridgehead atoms. The Balaban J connectivity index is 1.96. The molecule has 3 aromatic rings. The molecule has 1 N–H and O–H groups in total. The van der Waals surface area contributed by atoms with Crippen LogP contribution >= 0.6 is 0 Å². The van der Waals surface area contributed by atoms with Gasteiger partial charge in [-0.1, -0.05) is 0 Å². The van der Waals surface area contributed by atoms with E-state index in [4.69, 9.17) is 13.9 Å². The van der Waals surface area contributed by atoms with Gasteiger partial charge in [0.2, 0.25) is 0 Å². The van der Waals surface area contributed by atoms with E-state index in [0.29, 0.717) is 28.6 Å². The van der Waals surface area contributed by atoms with Gasteiger partial charge in [-0.25, -0.2) is 4.68 Å². The Kier molecular flexibility index (Phi) is 5.21. The number of benzene rings is 1. The molecule has 0 spiro atoms. The van der Waals surface area contributed by atoms with Gasteiger partial charge >= 0.3 is 0 Å². The molecule has 2 heterocycles. The number of nitrogens with one attached hydrogen (secondary N) is 1. The van der Waals surface area contributed by atoms with Crippen LogP contribution in [0.2, 0.25) is 0 Å². The minimum absolute atomic E-state index is 0.409. The summed E-state index contributed by atoms with van der Waals surface area (Å²) in [5.41, 5.74) is -0.819. The third kappa shape index (κ3) is 3.62. The predicted octanol–water partition coefficient (Wildman–Crippen LogP) is 2.89. The van der Waals surface area contributed by atoms with Crippen molar-refractivity contribution in [2.75, 3.05) is 19.5 Å². The first-order valence-corrected chi connectivity index (χ1v) is 8.55. The van der Waals surface area contributed by atoms with Gasteiger partial charge in [0.05, 0.1) is 26.2 Å². The molecular weight excluding hydrogens is 362 g/mol. The number of carbonyl (C=O) groups is 1. The van der Waals surface area contributed by atoms with Gasteiger partial charge in [0.25, 0.3) is 11.5 Å². The molecule has 3 rings (SSSR count). The van der Waals surface area contributed by atoms with Crippen molar-refractivity contribution < 1.29 is 18.7 Å². The fraction of sp³-hybridized carbons (Fsp3) is 0.250. The van der Waals surface area contributed by atoms with Crippen LogP contribution in [-0.4, -0.2) is 29.9 Å². The number of hydrogen-bond donors (Lipinski definition) is 1. The second-order valence-electron chi connectivity index (χ2n) is 6.53. The Morgan fingerprint density at radius 1 is 1.14 bits per heavy atom. The molecule has 0 saturated carbocycles. The number of aromatic nitrogens is 2. The van der Waals surface area contributed by atoms with E-state index in [1.807, 2.05) is 0 Å². The maximum Gasteiger partial charge on any atom is 0.267 e. The molecule has 0 aliphatic carbocycles. The molecule has 8 nitrogen and oxygen atoms in total. The first kappa shape index (κ1) is 19.2. The molecule has 1 aromatic carbocycles. The summed E-state index contributed by atoms with van der Waals surface area (Å²) in [4.78, 5) is 25.4. The molecule has 0 radical (unpaired) electrons. The number of nitrogens with zero attached hydrogens (tertiary/aromatic N) is 2. The number of ether oxygens (including phenoxy) is 2. The largest absolute Gasteiger partial charge is 0.497 e. The number of methoxy groups -OCH3 is 2. The van der Waals surface area contributed by atoms with Crippen LogP contribution in [0.25, 0.3) is 11.5 Å². The van der Waals surface area contributed by atoms with Crippen molar-refractivity contribution in [1.29, 1.82) is 0 Å². The summed E-state index contributed by atoms with van der Waals surface area (Å²) in [6, 6.07) is 11.4. The van der Waals surface area contributed by atoms with Crippen LogP contribution in [0.1, 0.15) is 13.8 Å². The highest BCUT2D eigenvalue weighted by atomic mass is 16.5. The lowest BCUT2D eigenvalue weighted by Crippen LogP contribution is -2.47. The van der Waals surface area contributed by atoms with Crippen LogP contribution in [0, 0.1) is 0 Å². The van der Waals surface area contributed by atoms with Crippen LogP contribution in [0.5, 0.6) is 11.5 Å². The quantitative estimate of drug-likeness (QED) is 0.703. The van der Waals surface area contributed by atoms with E-state index >= 15 is 0 Å². The molecule has 0 fully saturated rings. The van der Waals surface area contributed by atoms with Crippen LogP contribution in [0.4, 0.5) is 5.69 Å². The van der Waals surface area contributed by atoms with Gasteiger partial charge in [-0.05, 0) is 44.2 Å². The summed E-state index contributed by atoms with van der Waals surface area (Å²) >= 11 is 0. The molecule has 8 heteroatoms. The maximum atomic E-state index is 13.0. The lowest BCUT2D eigenvalue weighted by Gasteiger charge is -2.25. The highest BCUT2D eigenvalue weighted by molar-refractivity contribution is 5.97. The van der Waals surface area contributed by atoms with Crippen LogP contribution in [0.15, 0.2) is 57.9 Å². The van der Waals surface area contributed by atoms with Gasteiger partial charge in [-0.2, -0.15) is 5.10 Å². The zero-order valence-electron chi connectivity index (χ0n) is 16.1. The SMILES string of the molecule is COc1ccc(OC)c(NC(=O)C(C)(C)n2nc(-c3ccco3)ccc2=O)c1. The molecule has 0 unspecified atom stereocenters. The maximum absolute atomic E-state index is 13.0. The monoisotopic (exact) mass is 383 g/mol. The van der Waals surface area contributed by atoms with Gasteiger partial charge in [-0.3, -0.25) is 9.59 Å². The highest BCUT2D eigenvalue weighted by Gasteiger charge is 2.33. The second kappa shape index (κ2) is 7.59. The summed E-state index contributed by atoms with van der Waals surface area (Å²) in [7, 11) is 3.03. The average Bonchev–Trinajstić information content (AvgIpc) is 3.22. The average molecular weight is 383 g/mol. The fourth-order valence-corrected chi connectivity index (χ4v) is 2.65. The van der Waals surface area contributed by atoms with E-state index in [1.165, 1.54) is 26.5 Å². The topological polar surface area (TPSA) is 95.6 Å². The lowest BCUT2D eigenvalue weighted by molar-refractivity contribution is -0.123. The van der Waals surface area contributed by atoms with E-state index in [1.54, 1.807) is 50.2 Å². The fourth-order valence-electron chi connectivity index (χ4n) is 2.65. The Morgan fingerprint density at radius 2 is 1.93 bits per heavy atom. The molecule has 146 valence electrons. The van der Waals surface area contributed by atoms with Crippen molar-refractivity contribution in [1.82, 2.24) is 9.78 Å². The van der Waals surface area contributed by atoms with Crippen LogP contribution in [0.3, 0.4) is 0 Å². The van der Waals surface area contributed by atoms with E-state index in [2.05, 4.69) is 10.4 Å². The first-order valence-electron chi connectivity index (χ1n) is 8.55. The zero-order chi connectivity index (χ0) is 20.3. The van der Waals surface area contributed by atoms with Crippen LogP contribution < -0.4 is 20.3 Å². The van der Waals surface area contributed by atoms with Crippen molar-refractivity contribution in [2.24, 2.45) is 0 Å². The van der Waals surface area contributed by atoms with Gasteiger partial charge in [-0.15, -0.1) is 0 Å². The van der Waals surface area contributed by atoms with Gasteiger partial charge < -0.3 is 19.2 Å². The lowest BCUT2D eigenvalue weighted by atomic mass is 10.0. The third-order valence-electron chi connectivity index (χ3n) is 4.31. The number of carbonyl (C=O) groups excluding carboxylic acids is 1. The van der Waals surface area contributed by atoms with Crippen LogP contribution in [-0.2, 0) is 10.3 Å². The van der Waals surface area contributed by atoms with Gasteiger partial charge in [0.1, 0.15) is 22.7 Å². The summed E-state index contributed by atoms with van der Waals surface area (Å²) in [5, 5.41) is 7.11.